The van der Waals surface area contributed by atoms with Crippen LogP contribution in [0.2, 0.25) is 0 Å². The molecule has 4 heterocycles. The van der Waals surface area contributed by atoms with E-state index in [1.54, 1.807) is 0 Å². The Kier molecular flexibility index (Phi) is 7.06. The summed E-state index contributed by atoms with van der Waals surface area (Å²) in [6.07, 6.45) is 3.89. The van der Waals surface area contributed by atoms with Crippen LogP contribution in [0.3, 0.4) is 0 Å². The van der Waals surface area contributed by atoms with Gasteiger partial charge in [-0.25, -0.2) is 9.97 Å². The quantitative estimate of drug-likeness (QED) is 0.176. The highest BCUT2D eigenvalue weighted by Crippen LogP contribution is 2.41. The van der Waals surface area contributed by atoms with Gasteiger partial charge in [0.05, 0.1) is 22.1 Å². The van der Waals surface area contributed by atoms with E-state index in [-0.39, 0.29) is 0 Å². The Morgan fingerprint density at radius 2 is 0.930 bits per heavy atom. The zero-order valence-corrected chi connectivity index (χ0v) is 31.5. The van der Waals surface area contributed by atoms with Crippen molar-refractivity contribution in [2.45, 2.75) is 0 Å². The van der Waals surface area contributed by atoms with Crippen molar-refractivity contribution in [3.05, 3.63) is 194 Å². The number of hydrogen-bond donors (Lipinski definition) is 0. The summed E-state index contributed by atoms with van der Waals surface area (Å²) in [5.41, 5.74) is 12.6. The Labute approximate surface area is 332 Å². The molecule has 0 radical (unpaired) electrons. The smallest absolute Gasteiger partial charge is 0.234 e. The molecule has 0 N–H and O–H groups in total. The average Bonchev–Trinajstić information content (AvgIpc) is 3.94. The molecule has 0 bridgehead atoms. The highest BCUT2D eigenvalue weighted by atomic mass is 32.1. The molecule has 4 nitrogen and oxygen atoms in total. The third-order valence-corrected chi connectivity index (χ3v) is 12.7. The highest BCUT2D eigenvalue weighted by molar-refractivity contribution is 7.26. The van der Waals surface area contributed by atoms with E-state index in [1.807, 2.05) is 23.7 Å². The maximum atomic E-state index is 4.97. The standard InChI is InChI=1S/C52H32N4S/c1-2-11-38(12-3-1)55-46-18-7-4-13-40(46)42-27-25-36(30-49(42)55)35-26-28-48-45(29-35)41-14-5-8-19-47(41)56(48)52-53-31-37(32-54-52)33-21-23-34(24-22-33)39-16-10-17-44-43-15-6-9-20-50(43)57-51(39)44/h1-32H. The Morgan fingerprint density at radius 3 is 1.74 bits per heavy atom. The van der Waals surface area contributed by atoms with E-state index in [0.717, 1.165) is 27.8 Å². The third-order valence-electron chi connectivity index (χ3n) is 11.5. The number of fused-ring (bicyclic) bond motifs is 9. The molecule has 0 aliphatic rings. The van der Waals surface area contributed by atoms with Gasteiger partial charge in [-0.3, -0.25) is 4.57 Å². The Hall–Kier alpha value is -7.34. The predicted octanol–water partition coefficient (Wildman–Crippen LogP) is 14.0. The van der Waals surface area contributed by atoms with E-state index < -0.39 is 0 Å². The SMILES string of the molecule is c1ccc(-n2c3ccccc3c3ccc(-c4ccc5c(c4)c4ccccc4n5-c4ncc(-c5ccc(-c6cccc7c6sc6ccccc67)cc5)cn4)cc32)cc1. The van der Waals surface area contributed by atoms with E-state index in [0.29, 0.717) is 5.95 Å². The van der Waals surface area contributed by atoms with Gasteiger partial charge in [0.2, 0.25) is 5.95 Å². The molecule has 5 heteroatoms. The van der Waals surface area contributed by atoms with Crippen LogP contribution in [0.1, 0.15) is 0 Å². The lowest BCUT2D eigenvalue weighted by Crippen LogP contribution is -2.00. The van der Waals surface area contributed by atoms with Gasteiger partial charge in [0.1, 0.15) is 0 Å². The van der Waals surface area contributed by atoms with Gasteiger partial charge in [0.25, 0.3) is 0 Å². The molecule has 0 aliphatic heterocycles. The molecular weight excluding hydrogens is 713 g/mol. The van der Waals surface area contributed by atoms with Crippen LogP contribution in [0.4, 0.5) is 0 Å². The van der Waals surface area contributed by atoms with Crippen molar-refractivity contribution in [2.75, 3.05) is 0 Å². The number of aromatic nitrogens is 4. The van der Waals surface area contributed by atoms with Crippen LogP contribution in [0.15, 0.2) is 194 Å². The van der Waals surface area contributed by atoms with E-state index in [1.165, 1.54) is 75.0 Å². The first-order valence-corrected chi connectivity index (χ1v) is 20.0. The van der Waals surface area contributed by atoms with E-state index in [2.05, 4.69) is 191 Å². The summed E-state index contributed by atoms with van der Waals surface area (Å²) < 4.78 is 7.20. The molecule has 0 saturated carbocycles. The summed E-state index contributed by atoms with van der Waals surface area (Å²) in [4.78, 5) is 9.94. The van der Waals surface area contributed by atoms with Gasteiger partial charge in [0, 0.05) is 65.4 Å². The normalized spacial score (nSPS) is 11.9. The molecule has 0 amide bonds. The highest BCUT2D eigenvalue weighted by Gasteiger charge is 2.17. The first-order chi connectivity index (χ1) is 28.3. The molecule has 12 aromatic rings. The second-order valence-corrected chi connectivity index (χ2v) is 15.7. The fourth-order valence-corrected chi connectivity index (χ4v) is 10.0. The van der Waals surface area contributed by atoms with Gasteiger partial charge in [-0.1, -0.05) is 133 Å². The first-order valence-electron chi connectivity index (χ1n) is 19.2. The van der Waals surface area contributed by atoms with Gasteiger partial charge in [-0.15, -0.1) is 11.3 Å². The van der Waals surface area contributed by atoms with Gasteiger partial charge in [0.15, 0.2) is 0 Å². The monoisotopic (exact) mass is 744 g/mol. The van der Waals surface area contributed by atoms with Crippen LogP contribution < -0.4 is 0 Å². The van der Waals surface area contributed by atoms with Crippen LogP contribution in [0.5, 0.6) is 0 Å². The van der Waals surface area contributed by atoms with Crippen LogP contribution >= 0.6 is 11.3 Å². The molecule has 0 atom stereocenters. The van der Waals surface area contributed by atoms with Crippen molar-refractivity contribution in [1.82, 2.24) is 19.1 Å². The zero-order chi connectivity index (χ0) is 37.5. The second kappa shape index (κ2) is 12.6. The summed E-state index contributed by atoms with van der Waals surface area (Å²) in [5.74, 6) is 0.652. The summed E-state index contributed by atoms with van der Waals surface area (Å²) in [5, 5.41) is 7.47. The van der Waals surface area contributed by atoms with Crippen molar-refractivity contribution < 1.29 is 0 Å². The van der Waals surface area contributed by atoms with Crippen molar-refractivity contribution >= 4 is 75.1 Å². The number of hydrogen-bond acceptors (Lipinski definition) is 3. The Balaban J connectivity index is 0.912. The molecule has 266 valence electrons. The molecule has 4 aromatic heterocycles. The van der Waals surface area contributed by atoms with Gasteiger partial charge in [-0.05, 0) is 76.3 Å². The summed E-state index contributed by atoms with van der Waals surface area (Å²) in [6.45, 7) is 0. The fourth-order valence-electron chi connectivity index (χ4n) is 8.78. The average molecular weight is 745 g/mol. The third kappa shape index (κ3) is 4.99. The molecule has 8 aromatic carbocycles. The number of para-hydroxylation sites is 3. The predicted molar refractivity (Wildman–Crippen MR) is 240 cm³/mol. The van der Waals surface area contributed by atoms with Crippen LogP contribution in [0.25, 0.3) is 109 Å². The fraction of sp³-hybridized carbons (Fsp3) is 0. The molecule has 0 saturated heterocycles. The van der Waals surface area contributed by atoms with Crippen molar-refractivity contribution in [3.63, 3.8) is 0 Å². The molecule has 0 aliphatic carbocycles. The number of thiophene rings is 1. The minimum atomic E-state index is 0.652. The lowest BCUT2D eigenvalue weighted by molar-refractivity contribution is 0.990. The molecule has 0 fully saturated rings. The van der Waals surface area contributed by atoms with Gasteiger partial charge < -0.3 is 4.57 Å². The molecule has 12 rings (SSSR count). The largest absolute Gasteiger partial charge is 0.309 e. The molecule has 0 spiro atoms. The van der Waals surface area contributed by atoms with Gasteiger partial charge >= 0.3 is 0 Å². The van der Waals surface area contributed by atoms with Crippen molar-refractivity contribution in [3.8, 4) is 45.0 Å². The minimum absolute atomic E-state index is 0.652. The van der Waals surface area contributed by atoms with Crippen LogP contribution in [0, 0.1) is 0 Å². The number of benzene rings is 8. The topological polar surface area (TPSA) is 35.6 Å². The maximum absolute atomic E-state index is 4.97. The van der Waals surface area contributed by atoms with Crippen molar-refractivity contribution in [1.29, 1.82) is 0 Å². The van der Waals surface area contributed by atoms with E-state index >= 15 is 0 Å². The molecule has 57 heavy (non-hydrogen) atoms. The first kappa shape index (κ1) is 32.0. The Bertz CT molecular complexity index is 3500. The summed E-state index contributed by atoms with van der Waals surface area (Å²) in [7, 11) is 0. The summed E-state index contributed by atoms with van der Waals surface area (Å²) >= 11 is 1.86. The van der Waals surface area contributed by atoms with E-state index in [9.17, 15) is 0 Å². The lowest BCUT2D eigenvalue weighted by atomic mass is 10.00. The number of nitrogens with zero attached hydrogens (tertiary/aromatic N) is 4. The second-order valence-electron chi connectivity index (χ2n) is 14.6. The maximum Gasteiger partial charge on any atom is 0.234 e. The number of rotatable bonds is 5. The van der Waals surface area contributed by atoms with Crippen molar-refractivity contribution in [2.24, 2.45) is 0 Å². The van der Waals surface area contributed by atoms with Gasteiger partial charge in [-0.2, -0.15) is 0 Å². The zero-order valence-electron chi connectivity index (χ0n) is 30.7. The minimum Gasteiger partial charge on any atom is -0.309 e. The molecule has 0 unspecified atom stereocenters. The molecular formula is C52H32N4S. The van der Waals surface area contributed by atoms with Crippen LogP contribution in [-0.2, 0) is 0 Å². The lowest BCUT2D eigenvalue weighted by Gasteiger charge is -2.10. The van der Waals surface area contributed by atoms with E-state index in [4.69, 9.17) is 9.97 Å². The Morgan fingerprint density at radius 1 is 0.351 bits per heavy atom. The van der Waals surface area contributed by atoms with Crippen LogP contribution in [-0.4, -0.2) is 19.1 Å². The summed E-state index contributed by atoms with van der Waals surface area (Å²) in [6, 6.07) is 65.6.